The molecule has 1 heterocycles. The normalized spacial score (nSPS) is 22.8. The van der Waals surface area contributed by atoms with Crippen molar-refractivity contribution in [1.29, 1.82) is 0 Å². The maximum absolute atomic E-state index is 5.11. The van der Waals surface area contributed by atoms with Crippen LogP contribution in [0.3, 0.4) is 0 Å². The van der Waals surface area contributed by atoms with E-state index in [9.17, 15) is 0 Å². The van der Waals surface area contributed by atoms with Gasteiger partial charge in [-0.1, -0.05) is 13.8 Å². The van der Waals surface area contributed by atoms with E-state index >= 15 is 0 Å². The monoisotopic (exact) mass is 143 g/mol. The molecule has 0 aromatic carbocycles. The van der Waals surface area contributed by atoms with E-state index in [0.29, 0.717) is 0 Å². The van der Waals surface area contributed by atoms with Gasteiger partial charge in [-0.2, -0.15) is 0 Å². The fourth-order valence-corrected chi connectivity index (χ4v) is 0.961. The molecule has 1 saturated heterocycles. The summed E-state index contributed by atoms with van der Waals surface area (Å²) in [4.78, 5) is 0. The zero-order chi connectivity index (χ0) is 7.61. The fraction of sp³-hybridized carbons (Fsp3) is 1.00. The molecule has 0 unspecified atom stereocenters. The van der Waals surface area contributed by atoms with Crippen molar-refractivity contribution in [3.05, 3.63) is 0 Å². The van der Waals surface area contributed by atoms with Gasteiger partial charge in [0.2, 0.25) is 0 Å². The Kier molecular flexibility index (Phi) is 2.32. The van der Waals surface area contributed by atoms with Crippen molar-refractivity contribution in [2.45, 2.75) is 26.3 Å². The molecule has 1 fully saturated rings. The molecule has 60 valence electrons. The highest BCUT2D eigenvalue weighted by molar-refractivity contribution is 4.89. The van der Waals surface area contributed by atoms with E-state index in [0.717, 1.165) is 25.7 Å². The maximum atomic E-state index is 5.11. The molecule has 10 heavy (non-hydrogen) atoms. The highest BCUT2D eigenvalue weighted by atomic mass is 16.5. The Labute approximate surface area is 63.0 Å². The lowest BCUT2D eigenvalue weighted by Crippen LogP contribution is -2.58. The molecule has 0 bridgehead atoms. The van der Waals surface area contributed by atoms with Crippen molar-refractivity contribution in [3.8, 4) is 0 Å². The van der Waals surface area contributed by atoms with Crippen molar-refractivity contribution in [3.63, 3.8) is 0 Å². The van der Waals surface area contributed by atoms with Crippen molar-refractivity contribution < 1.29 is 4.74 Å². The second-order valence-electron chi connectivity index (χ2n) is 3.83. The van der Waals surface area contributed by atoms with Crippen molar-refractivity contribution in [2.75, 3.05) is 19.8 Å². The van der Waals surface area contributed by atoms with Gasteiger partial charge in [-0.25, -0.2) is 0 Å². The highest BCUT2D eigenvalue weighted by Crippen LogP contribution is 2.15. The maximum Gasteiger partial charge on any atom is 0.0669 e. The van der Waals surface area contributed by atoms with Crippen LogP contribution in [0.15, 0.2) is 0 Å². The lowest BCUT2D eigenvalue weighted by Gasteiger charge is -2.39. The van der Waals surface area contributed by atoms with Crippen LogP contribution in [0.25, 0.3) is 0 Å². The summed E-state index contributed by atoms with van der Waals surface area (Å²) in [6.45, 7) is 9.49. The molecule has 0 aromatic heterocycles. The summed E-state index contributed by atoms with van der Waals surface area (Å²) in [5.41, 5.74) is 0.282. The van der Waals surface area contributed by atoms with Gasteiger partial charge < -0.3 is 10.1 Å². The standard InChI is InChI=1S/C8H17NO/c1-7(2)4-9-8(3)5-10-6-8/h7,9H,4-6H2,1-3H3. The van der Waals surface area contributed by atoms with E-state index in [1.165, 1.54) is 0 Å². The SMILES string of the molecule is CC(C)CNC1(C)COC1. The van der Waals surface area contributed by atoms with Gasteiger partial charge in [0.25, 0.3) is 0 Å². The van der Waals surface area contributed by atoms with Crippen LogP contribution in [0.4, 0.5) is 0 Å². The smallest absolute Gasteiger partial charge is 0.0669 e. The fourth-order valence-electron chi connectivity index (χ4n) is 0.961. The lowest BCUT2D eigenvalue weighted by molar-refractivity contribution is -0.0649. The quantitative estimate of drug-likeness (QED) is 0.637. The van der Waals surface area contributed by atoms with E-state index in [2.05, 4.69) is 26.1 Å². The third-order valence-electron chi connectivity index (χ3n) is 1.78. The van der Waals surface area contributed by atoms with Crippen LogP contribution in [0.1, 0.15) is 20.8 Å². The van der Waals surface area contributed by atoms with E-state index < -0.39 is 0 Å². The molecule has 0 aliphatic carbocycles. The topological polar surface area (TPSA) is 21.3 Å². The minimum absolute atomic E-state index is 0.282. The molecule has 0 atom stereocenters. The third kappa shape index (κ3) is 1.96. The van der Waals surface area contributed by atoms with Gasteiger partial charge in [0.05, 0.1) is 18.8 Å². The summed E-state index contributed by atoms with van der Waals surface area (Å²) in [5.74, 6) is 0.734. The summed E-state index contributed by atoms with van der Waals surface area (Å²) >= 11 is 0. The molecular formula is C8H17NO. The Morgan fingerprint density at radius 3 is 2.40 bits per heavy atom. The molecule has 0 saturated carbocycles. The molecule has 0 aromatic rings. The summed E-state index contributed by atoms with van der Waals surface area (Å²) in [7, 11) is 0. The minimum Gasteiger partial charge on any atom is -0.377 e. The van der Waals surface area contributed by atoms with Gasteiger partial charge in [-0.05, 0) is 19.4 Å². The first-order chi connectivity index (χ1) is 4.62. The first-order valence-electron chi connectivity index (χ1n) is 3.95. The van der Waals surface area contributed by atoms with Gasteiger partial charge in [0.15, 0.2) is 0 Å². The third-order valence-corrected chi connectivity index (χ3v) is 1.78. The second-order valence-corrected chi connectivity index (χ2v) is 3.83. The average molecular weight is 143 g/mol. The van der Waals surface area contributed by atoms with Crippen LogP contribution in [0.5, 0.6) is 0 Å². The van der Waals surface area contributed by atoms with Crippen LogP contribution in [0.2, 0.25) is 0 Å². The molecule has 1 aliphatic heterocycles. The predicted octanol–water partition coefficient (Wildman–Crippen LogP) is 1.02. The summed E-state index contributed by atoms with van der Waals surface area (Å²) in [5, 5.41) is 3.47. The molecule has 2 nitrogen and oxygen atoms in total. The summed E-state index contributed by atoms with van der Waals surface area (Å²) in [6.07, 6.45) is 0. The van der Waals surface area contributed by atoms with Crippen molar-refractivity contribution in [1.82, 2.24) is 5.32 Å². The molecule has 1 N–H and O–H groups in total. The van der Waals surface area contributed by atoms with Crippen LogP contribution in [-0.2, 0) is 4.74 Å². The minimum atomic E-state index is 0.282. The van der Waals surface area contributed by atoms with E-state index in [1.54, 1.807) is 0 Å². The number of hydrogen-bond acceptors (Lipinski definition) is 2. The number of ether oxygens (including phenoxy) is 1. The number of rotatable bonds is 3. The number of nitrogens with one attached hydrogen (secondary N) is 1. The molecule has 0 radical (unpaired) electrons. The first kappa shape index (κ1) is 8.02. The second kappa shape index (κ2) is 2.89. The van der Waals surface area contributed by atoms with E-state index in [-0.39, 0.29) is 5.54 Å². The van der Waals surface area contributed by atoms with Gasteiger partial charge in [0, 0.05) is 0 Å². The van der Waals surface area contributed by atoms with Gasteiger partial charge in [-0.15, -0.1) is 0 Å². The predicted molar refractivity (Wildman–Crippen MR) is 42.1 cm³/mol. The van der Waals surface area contributed by atoms with Gasteiger partial charge in [-0.3, -0.25) is 0 Å². The molecule has 2 heteroatoms. The first-order valence-corrected chi connectivity index (χ1v) is 3.95. The molecule has 0 spiro atoms. The average Bonchev–Trinajstić information content (AvgIpc) is 1.79. The van der Waals surface area contributed by atoms with Gasteiger partial charge >= 0.3 is 0 Å². The largest absolute Gasteiger partial charge is 0.377 e. The Bertz CT molecular complexity index is 108. The summed E-state index contributed by atoms with van der Waals surface area (Å²) in [6, 6.07) is 0. The molecule has 1 aliphatic rings. The Morgan fingerprint density at radius 1 is 1.50 bits per heavy atom. The Morgan fingerprint density at radius 2 is 2.10 bits per heavy atom. The zero-order valence-electron chi connectivity index (χ0n) is 7.11. The van der Waals surface area contributed by atoms with Crippen molar-refractivity contribution >= 4 is 0 Å². The summed E-state index contributed by atoms with van der Waals surface area (Å²) < 4.78 is 5.11. The highest BCUT2D eigenvalue weighted by Gasteiger charge is 2.32. The number of hydrogen-bond donors (Lipinski definition) is 1. The Balaban J connectivity index is 2.12. The lowest BCUT2D eigenvalue weighted by atomic mass is 10.00. The molecule has 1 rings (SSSR count). The van der Waals surface area contributed by atoms with Crippen LogP contribution >= 0.6 is 0 Å². The van der Waals surface area contributed by atoms with E-state index in [4.69, 9.17) is 4.74 Å². The van der Waals surface area contributed by atoms with Crippen LogP contribution < -0.4 is 5.32 Å². The van der Waals surface area contributed by atoms with Gasteiger partial charge in [0.1, 0.15) is 0 Å². The Hall–Kier alpha value is -0.0800. The molecular weight excluding hydrogens is 126 g/mol. The van der Waals surface area contributed by atoms with Crippen LogP contribution in [0, 0.1) is 5.92 Å². The van der Waals surface area contributed by atoms with Crippen LogP contribution in [-0.4, -0.2) is 25.3 Å². The zero-order valence-corrected chi connectivity index (χ0v) is 7.11. The molecule has 0 amide bonds. The van der Waals surface area contributed by atoms with E-state index in [1.807, 2.05) is 0 Å². The van der Waals surface area contributed by atoms with Crippen molar-refractivity contribution in [2.24, 2.45) is 5.92 Å².